The van der Waals surface area contributed by atoms with Crippen LogP contribution in [0.25, 0.3) is 0 Å². The molecule has 0 amide bonds. The molecule has 0 aromatic carbocycles. The van der Waals surface area contributed by atoms with E-state index in [4.69, 9.17) is 0 Å². The van der Waals surface area contributed by atoms with Crippen molar-refractivity contribution in [3.05, 3.63) is 0 Å². The van der Waals surface area contributed by atoms with Crippen LogP contribution in [0.3, 0.4) is 0 Å². The van der Waals surface area contributed by atoms with E-state index in [1.165, 1.54) is 25.7 Å². The second-order valence-electron chi connectivity index (χ2n) is 7.70. The van der Waals surface area contributed by atoms with E-state index in [0.717, 1.165) is 11.8 Å². The van der Waals surface area contributed by atoms with Gasteiger partial charge in [0.25, 0.3) is 0 Å². The van der Waals surface area contributed by atoms with Crippen molar-refractivity contribution in [2.24, 2.45) is 34.5 Å². The largest absolute Gasteiger partial charge is 0.393 e. The number of hydrogen-bond acceptors (Lipinski definition) is 1. The Morgan fingerprint density at radius 3 is 2.44 bits per heavy atom. The third kappa shape index (κ3) is 1.11. The minimum absolute atomic E-state index is 0.0190. The normalized spacial score (nSPS) is 58.7. The van der Waals surface area contributed by atoms with E-state index in [-0.39, 0.29) is 6.10 Å². The van der Waals surface area contributed by atoms with Crippen molar-refractivity contribution < 1.29 is 5.11 Å². The molecular weight excluding hydrogens is 196 g/mol. The quantitative estimate of drug-likeness (QED) is 0.665. The van der Waals surface area contributed by atoms with Gasteiger partial charge in [-0.1, -0.05) is 27.7 Å². The van der Waals surface area contributed by atoms with E-state index < -0.39 is 0 Å². The van der Waals surface area contributed by atoms with Gasteiger partial charge in [0.05, 0.1) is 6.10 Å². The smallest absolute Gasteiger partial charge is 0.0602 e. The summed E-state index contributed by atoms with van der Waals surface area (Å²) in [6.07, 6.45) is 5.35. The summed E-state index contributed by atoms with van der Waals surface area (Å²) in [5.74, 6) is 2.79. The van der Waals surface area contributed by atoms with Crippen LogP contribution in [0.4, 0.5) is 0 Å². The zero-order valence-corrected chi connectivity index (χ0v) is 11.2. The van der Waals surface area contributed by atoms with Crippen LogP contribution in [-0.4, -0.2) is 11.2 Å². The maximum Gasteiger partial charge on any atom is 0.0602 e. The zero-order valence-electron chi connectivity index (χ0n) is 11.2. The van der Waals surface area contributed by atoms with Crippen molar-refractivity contribution in [2.45, 2.75) is 59.5 Å². The summed E-state index contributed by atoms with van der Waals surface area (Å²) in [7, 11) is 0. The van der Waals surface area contributed by atoms with Gasteiger partial charge in [-0.3, -0.25) is 0 Å². The van der Waals surface area contributed by atoms with E-state index in [2.05, 4.69) is 27.7 Å². The fourth-order valence-electron chi connectivity index (χ4n) is 5.89. The highest BCUT2D eigenvalue weighted by atomic mass is 16.3. The molecule has 0 saturated heterocycles. The maximum atomic E-state index is 10.5. The van der Waals surface area contributed by atoms with Gasteiger partial charge in [-0.15, -0.1) is 0 Å². The van der Waals surface area contributed by atoms with Crippen LogP contribution in [0.1, 0.15) is 53.4 Å². The summed E-state index contributed by atoms with van der Waals surface area (Å²) in [6.45, 7) is 9.54. The second-order valence-corrected chi connectivity index (χ2v) is 7.70. The molecule has 3 fully saturated rings. The molecule has 3 aliphatic carbocycles. The molecule has 0 bridgehead atoms. The van der Waals surface area contributed by atoms with Crippen LogP contribution in [0.2, 0.25) is 0 Å². The topological polar surface area (TPSA) is 20.2 Å². The minimum atomic E-state index is -0.0190. The molecule has 3 rings (SSSR count). The average molecular weight is 222 g/mol. The number of rotatable bonds is 0. The summed E-state index contributed by atoms with van der Waals surface area (Å²) >= 11 is 0. The van der Waals surface area contributed by atoms with Gasteiger partial charge in [-0.25, -0.2) is 0 Å². The lowest BCUT2D eigenvalue weighted by atomic mass is 9.68. The predicted molar refractivity (Wildman–Crippen MR) is 66.0 cm³/mol. The molecule has 3 aliphatic rings. The highest BCUT2D eigenvalue weighted by Crippen LogP contribution is 2.72. The van der Waals surface area contributed by atoms with E-state index in [1.807, 2.05) is 0 Å². The standard InChI is InChI=1S/C15H26O/c1-9-5-6-11-10(2)13(16)12-7-14(3,4)8-15(9,11)12/h9-13,16H,5-8H2,1-4H3/t9-,10+,11+,12+,13+,15+/m1/s1. The number of hydrogen-bond donors (Lipinski definition) is 1. The lowest BCUT2D eigenvalue weighted by molar-refractivity contribution is 0.0602. The molecule has 0 unspecified atom stereocenters. The van der Waals surface area contributed by atoms with E-state index in [1.54, 1.807) is 0 Å². The summed E-state index contributed by atoms with van der Waals surface area (Å²) in [5, 5.41) is 10.5. The number of aliphatic hydroxyl groups is 1. The Kier molecular flexibility index (Phi) is 2.11. The first kappa shape index (κ1) is 11.1. The van der Waals surface area contributed by atoms with Crippen molar-refractivity contribution in [1.82, 2.24) is 0 Å². The Morgan fingerprint density at radius 2 is 1.75 bits per heavy atom. The number of aliphatic hydroxyl groups excluding tert-OH is 1. The molecule has 6 atom stereocenters. The van der Waals surface area contributed by atoms with Gasteiger partial charge in [-0.05, 0) is 60.2 Å². The van der Waals surface area contributed by atoms with Crippen LogP contribution in [-0.2, 0) is 0 Å². The van der Waals surface area contributed by atoms with Gasteiger partial charge in [0.15, 0.2) is 0 Å². The van der Waals surface area contributed by atoms with Crippen LogP contribution >= 0.6 is 0 Å². The molecule has 0 aromatic heterocycles. The van der Waals surface area contributed by atoms with Gasteiger partial charge in [0.2, 0.25) is 0 Å². The first-order chi connectivity index (χ1) is 7.38. The van der Waals surface area contributed by atoms with Gasteiger partial charge in [-0.2, -0.15) is 0 Å². The molecular formula is C15H26O. The average Bonchev–Trinajstić information content (AvgIpc) is 2.70. The third-order valence-electron chi connectivity index (χ3n) is 6.35. The summed E-state index contributed by atoms with van der Waals surface area (Å²) in [5.41, 5.74) is 0.963. The Balaban J connectivity index is 2.05. The third-order valence-corrected chi connectivity index (χ3v) is 6.35. The molecule has 1 heteroatoms. The molecule has 92 valence electrons. The Bertz CT molecular complexity index is 309. The highest BCUT2D eigenvalue weighted by molar-refractivity contribution is 5.16. The zero-order chi connectivity index (χ0) is 11.7. The lowest BCUT2D eigenvalue weighted by Crippen LogP contribution is -2.31. The van der Waals surface area contributed by atoms with Gasteiger partial charge in [0.1, 0.15) is 0 Å². The van der Waals surface area contributed by atoms with Crippen LogP contribution in [0.5, 0.6) is 0 Å². The molecule has 16 heavy (non-hydrogen) atoms. The SMILES string of the molecule is C[C@@H]1[C@H](O)[C@@H]2CC(C)(C)C[C@@]23[C@H](C)CC[C@@H]13. The van der Waals surface area contributed by atoms with Crippen molar-refractivity contribution in [3.63, 3.8) is 0 Å². The fraction of sp³-hybridized carbons (Fsp3) is 1.00. The maximum absolute atomic E-state index is 10.5. The Labute approximate surface area is 99.6 Å². The van der Waals surface area contributed by atoms with Gasteiger partial charge >= 0.3 is 0 Å². The first-order valence-electron chi connectivity index (χ1n) is 7.06. The van der Waals surface area contributed by atoms with Crippen LogP contribution in [0.15, 0.2) is 0 Å². The van der Waals surface area contributed by atoms with Crippen molar-refractivity contribution in [3.8, 4) is 0 Å². The Hall–Kier alpha value is -0.0400. The fourth-order valence-corrected chi connectivity index (χ4v) is 5.89. The summed E-state index contributed by atoms with van der Waals surface area (Å²) in [4.78, 5) is 0. The molecule has 1 N–H and O–H groups in total. The van der Waals surface area contributed by atoms with Crippen LogP contribution < -0.4 is 0 Å². The van der Waals surface area contributed by atoms with Crippen molar-refractivity contribution in [1.29, 1.82) is 0 Å². The molecule has 0 aliphatic heterocycles. The van der Waals surface area contributed by atoms with Crippen molar-refractivity contribution in [2.75, 3.05) is 0 Å². The summed E-state index contributed by atoms with van der Waals surface area (Å²) < 4.78 is 0. The highest BCUT2D eigenvalue weighted by Gasteiger charge is 2.67. The van der Waals surface area contributed by atoms with E-state index in [0.29, 0.717) is 22.7 Å². The second kappa shape index (κ2) is 3.04. The van der Waals surface area contributed by atoms with E-state index >= 15 is 0 Å². The molecule has 1 spiro atoms. The Morgan fingerprint density at radius 1 is 1.06 bits per heavy atom. The molecule has 0 aromatic rings. The van der Waals surface area contributed by atoms with E-state index in [9.17, 15) is 5.11 Å². The van der Waals surface area contributed by atoms with Crippen LogP contribution in [0, 0.1) is 34.5 Å². The molecule has 0 heterocycles. The minimum Gasteiger partial charge on any atom is -0.393 e. The monoisotopic (exact) mass is 222 g/mol. The van der Waals surface area contributed by atoms with Gasteiger partial charge in [0, 0.05) is 0 Å². The first-order valence-corrected chi connectivity index (χ1v) is 7.06. The van der Waals surface area contributed by atoms with Gasteiger partial charge < -0.3 is 5.11 Å². The summed E-state index contributed by atoms with van der Waals surface area (Å²) in [6, 6.07) is 0. The molecule has 1 nitrogen and oxygen atoms in total. The molecule has 0 radical (unpaired) electrons. The lowest BCUT2D eigenvalue weighted by Gasteiger charge is -2.36. The predicted octanol–water partition coefficient (Wildman–Crippen LogP) is 3.47. The van der Waals surface area contributed by atoms with Crippen molar-refractivity contribution >= 4 is 0 Å². The molecule has 3 saturated carbocycles.